The zero-order valence-corrected chi connectivity index (χ0v) is 10.3. The molecule has 1 aliphatic heterocycles. The van der Waals surface area contributed by atoms with Crippen LogP contribution in [0.1, 0.15) is 5.56 Å². The Balaban J connectivity index is 0.00000112. The molecule has 2 heterocycles. The van der Waals surface area contributed by atoms with Gasteiger partial charge < -0.3 is 15.4 Å². The molecular formula is C8H6F3N2OY-. The molecule has 3 nitrogen and oxygen atoms in total. The number of fused-ring (bicyclic) bond motifs is 1. The Kier molecular flexibility index (Phi) is 3.43. The van der Waals surface area contributed by atoms with Crippen LogP contribution in [0.3, 0.4) is 0 Å². The summed E-state index contributed by atoms with van der Waals surface area (Å²) in [5.41, 5.74) is -3.08. The Morgan fingerprint density at radius 1 is 1.53 bits per heavy atom. The molecule has 7 heteroatoms. The normalized spacial score (nSPS) is 24.0. The molecule has 0 amide bonds. The fourth-order valence-electron chi connectivity index (χ4n) is 1.39. The fraction of sp³-hybridized carbons (Fsp3) is 0.375. The molecule has 1 radical (unpaired) electrons. The van der Waals surface area contributed by atoms with E-state index >= 15 is 0 Å². The summed E-state index contributed by atoms with van der Waals surface area (Å²) in [5.74, 6) is 0.0346. The molecule has 79 valence electrons. The number of pyridine rings is 1. The van der Waals surface area contributed by atoms with Gasteiger partial charge in [0.05, 0.1) is 0 Å². The molecule has 1 atom stereocenters. The molecule has 0 bridgehead atoms. The molecule has 2 N–H and O–H groups in total. The van der Waals surface area contributed by atoms with Gasteiger partial charge in [0.1, 0.15) is 0 Å². The van der Waals surface area contributed by atoms with E-state index in [0.29, 0.717) is 0 Å². The SMILES string of the molecule is OC1(C(F)(F)F)CNc2n[c-]ccc21.[Y]. The van der Waals surface area contributed by atoms with Crippen molar-refractivity contribution >= 4 is 5.82 Å². The topological polar surface area (TPSA) is 45.1 Å². The maximum absolute atomic E-state index is 12.5. The Morgan fingerprint density at radius 2 is 2.20 bits per heavy atom. The zero-order chi connectivity index (χ0) is 10.4. The van der Waals surface area contributed by atoms with Gasteiger partial charge in [-0.15, -0.1) is 0 Å². The molecule has 0 saturated heterocycles. The summed E-state index contributed by atoms with van der Waals surface area (Å²) >= 11 is 0. The van der Waals surface area contributed by atoms with Gasteiger partial charge in [-0.25, -0.2) is 0 Å². The zero-order valence-electron chi connectivity index (χ0n) is 7.47. The van der Waals surface area contributed by atoms with E-state index in [1.807, 2.05) is 0 Å². The molecule has 0 aromatic carbocycles. The molecule has 1 aromatic rings. The minimum absolute atomic E-state index is 0. The van der Waals surface area contributed by atoms with Crippen LogP contribution in [0.5, 0.6) is 0 Å². The van der Waals surface area contributed by atoms with Gasteiger partial charge in [-0.05, 0) is 0 Å². The van der Waals surface area contributed by atoms with Gasteiger partial charge in [0, 0.05) is 45.1 Å². The van der Waals surface area contributed by atoms with Crippen LogP contribution in [0.4, 0.5) is 19.0 Å². The molecular weight excluding hydrogens is 286 g/mol. The van der Waals surface area contributed by atoms with Crippen molar-refractivity contribution in [2.24, 2.45) is 0 Å². The first-order valence-electron chi connectivity index (χ1n) is 3.86. The number of nitrogens with one attached hydrogen (secondary N) is 1. The average molecular weight is 292 g/mol. The van der Waals surface area contributed by atoms with Gasteiger partial charge >= 0.3 is 6.18 Å². The summed E-state index contributed by atoms with van der Waals surface area (Å²) in [6.45, 7) is -0.601. The van der Waals surface area contributed by atoms with Crippen LogP contribution < -0.4 is 5.32 Å². The van der Waals surface area contributed by atoms with E-state index in [9.17, 15) is 18.3 Å². The number of aromatic nitrogens is 1. The first kappa shape index (κ1) is 12.9. The molecule has 1 aromatic heterocycles. The van der Waals surface area contributed by atoms with Crippen molar-refractivity contribution in [2.75, 3.05) is 11.9 Å². The van der Waals surface area contributed by atoms with Crippen LogP contribution in [-0.4, -0.2) is 22.8 Å². The Bertz CT molecular complexity index is 371. The van der Waals surface area contributed by atoms with E-state index in [-0.39, 0.29) is 44.1 Å². The van der Waals surface area contributed by atoms with Crippen LogP contribution in [0.25, 0.3) is 0 Å². The number of nitrogens with zero attached hydrogens (tertiary/aromatic N) is 1. The second-order valence-electron chi connectivity index (χ2n) is 3.05. The van der Waals surface area contributed by atoms with Crippen molar-refractivity contribution in [3.8, 4) is 0 Å². The van der Waals surface area contributed by atoms with Crippen LogP contribution in [0, 0.1) is 6.20 Å². The molecule has 2 rings (SSSR count). The third-order valence-corrected chi connectivity index (χ3v) is 2.18. The maximum atomic E-state index is 12.5. The van der Waals surface area contributed by atoms with Gasteiger partial charge in [0.2, 0.25) is 0 Å². The predicted octanol–water partition coefficient (Wildman–Crippen LogP) is 1.05. The van der Waals surface area contributed by atoms with Crippen molar-refractivity contribution in [3.63, 3.8) is 0 Å². The average Bonchev–Trinajstić information content (AvgIpc) is 2.45. The quantitative estimate of drug-likeness (QED) is 0.703. The first-order chi connectivity index (χ1) is 6.45. The molecule has 0 saturated carbocycles. The van der Waals surface area contributed by atoms with E-state index < -0.39 is 18.3 Å². The third-order valence-electron chi connectivity index (χ3n) is 2.18. The number of alkyl halides is 3. The molecule has 0 aliphatic carbocycles. The van der Waals surface area contributed by atoms with Crippen LogP contribution in [-0.2, 0) is 38.3 Å². The van der Waals surface area contributed by atoms with Gasteiger partial charge in [-0.3, -0.25) is 0 Å². The number of aliphatic hydroxyl groups is 1. The smallest absolute Gasteiger partial charge is 0.418 e. The Labute approximate surface area is 109 Å². The van der Waals surface area contributed by atoms with Crippen molar-refractivity contribution in [2.45, 2.75) is 11.8 Å². The standard InChI is InChI=1S/C8H6F3N2O.Y/c9-8(10,11)7(14)4-13-6-5(7)2-1-3-12-6;/h1-2,14H,4H2,(H,12,13);/q-1;. The summed E-state index contributed by atoms with van der Waals surface area (Å²) in [4.78, 5) is 3.57. The van der Waals surface area contributed by atoms with E-state index in [4.69, 9.17) is 0 Å². The first-order valence-corrected chi connectivity index (χ1v) is 3.86. The van der Waals surface area contributed by atoms with Crippen LogP contribution in [0.15, 0.2) is 12.1 Å². The Hall–Kier alpha value is -0.196. The molecule has 15 heavy (non-hydrogen) atoms. The van der Waals surface area contributed by atoms with Gasteiger partial charge in [-0.2, -0.15) is 25.3 Å². The monoisotopic (exact) mass is 292 g/mol. The summed E-state index contributed by atoms with van der Waals surface area (Å²) in [7, 11) is 0. The maximum Gasteiger partial charge on any atom is 0.421 e. The van der Waals surface area contributed by atoms with Crippen LogP contribution in [0.2, 0.25) is 0 Å². The summed E-state index contributed by atoms with van der Waals surface area (Å²) in [6.07, 6.45) is -2.31. The molecule has 1 unspecified atom stereocenters. The number of rotatable bonds is 0. The summed E-state index contributed by atoms with van der Waals surface area (Å²) in [6, 6.07) is 2.40. The van der Waals surface area contributed by atoms with E-state index in [0.717, 1.165) is 6.07 Å². The van der Waals surface area contributed by atoms with E-state index in [2.05, 4.69) is 16.5 Å². The number of anilines is 1. The molecule has 0 spiro atoms. The molecule has 0 fully saturated rings. The third kappa shape index (κ3) is 1.90. The van der Waals surface area contributed by atoms with Crippen molar-refractivity contribution < 1.29 is 51.0 Å². The largest absolute Gasteiger partial charge is 0.421 e. The predicted molar refractivity (Wildman–Crippen MR) is 41.5 cm³/mol. The minimum Gasteiger partial charge on any atom is -0.418 e. The number of hydrogen-bond acceptors (Lipinski definition) is 3. The number of β-amino-alcohol motifs (C(OH)–C–C–N with tert-alkyl or cyclic N) is 1. The second kappa shape index (κ2) is 3.99. The number of halogens is 3. The van der Waals surface area contributed by atoms with E-state index in [1.165, 1.54) is 6.07 Å². The minimum atomic E-state index is -4.70. The second-order valence-corrected chi connectivity index (χ2v) is 3.05. The summed E-state index contributed by atoms with van der Waals surface area (Å²) < 4.78 is 37.5. The van der Waals surface area contributed by atoms with Gasteiger partial charge in [0.25, 0.3) is 0 Å². The van der Waals surface area contributed by atoms with Crippen molar-refractivity contribution in [1.29, 1.82) is 0 Å². The van der Waals surface area contributed by atoms with Gasteiger partial charge in [0.15, 0.2) is 5.60 Å². The summed E-state index contributed by atoms with van der Waals surface area (Å²) in [5, 5.41) is 11.8. The van der Waals surface area contributed by atoms with Crippen LogP contribution >= 0.6 is 0 Å². The fourth-order valence-corrected chi connectivity index (χ4v) is 1.39. The van der Waals surface area contributed by atoms with Gasteiger partial charge in [-0.1, -0.05) is 11.8 Å². The van der Waals surface area contributed by atoms with Crippen molar-refractivity contribution in [3.05, 3.63) is 23.9 Å². The Morgan fingerprint density at radius 3 is 2.80 bits per heavy atom. The van der Waals surface area contributed by atoms with E-state index in [1.54, 1.807) is 0 Å². The van der Waals surface area contributed by atoms with Crippen molar-refractivity contribution in [1.82, 2.24) is 4.98 Å². The number of hydrogen-bond donors (Lipinski definition) is 2. The molecule has 1 aliphatic rings.